The first kappa shape index (κ1) is 24.2. The van der Waals surface area contributed by atoms with Crippen LogP contribution >= 0.6 is 0 Å². The molecular weight excluding hydrogens is 366 g/mol. The van der Waals surface area contributed by atoms with Gasteiger partial charge >= 0.3 is 0 Å². The van der Waals surface area contributed by atoms with E-state index in [4.69, 9.17) is 4.99 Å². The topological polar surface area (TPSA) is 32.6 Å². The second-order valence-electron chi connectivity index (χ2n) is 10.1. The minimum absolute atomic E-state index is 0.313. The number of benzene rings is 2. The van der Waals surface area contributed by atoms with Crippen LogP contribution in [0.25, 0.3) is 0 Å². The summed E-state index contributed by atoms with van der Waals surface area (Å²) < 4.78 is 0. The molecule has 30 heavy (non-hydrogen) atoms. The zero-order valence-electron chi connectivity index (χ0n) is 20.7. The van der Waals surface area contributed by atoms with Crippen LogP contribution in [0.15, 0.2) is 29.3 Å². The lowest BCUT2D eigenvalue weighted by Crippen LogP contribution is -2.02. The third-order valence-electron chi connectivity index (χ3n) is 5.93. The molecule has 0 aliphatic carbocycles. The third-order valence-corrected chi connectivity index (χ3v) is 5.93. The minimum Gasteiger partial charge on any atom is -0.507 e. The number of phenols is 1. The zero-order valence-corrected chi connectivity index (χ0v) is 20.7. The molecule has 0 aromatic heterocycles. The molecule has 0 fully saturated rings. The van der Waals surface area contributed by atoms with Crippen molar-refractivity contribution < 1.29 is 5.11 Å². The molecule has 0 unspecified atom stereocenters. The SMILES string of the molecule is CC(C)c1cc(O)c(/C=N/c2c(C(C)C)cc(C(C)C)cc2C(C)C)c(C(C)C)c1. The van der Waals surface area contributed by atoms with Crippen LogP contribution in [0.3, 0.4) is 0 Å². The molecule has 0 saturated heterocycles. The molecular formula is C28H41NO. The third kappa shape index (κ3) is 5.33. The standard InChI is InChI=1S/C28H41NO/c1-16(2)21-12-24(19(7)8)28(25(13-21)20(9)10)29-15-26-23(18(5)6)11-22(17(3)4)14-27(26)30/h11-20,30H,1-10H3/b29-15+. The van der Waals surface area contributed by atoms with E-state index in [0.29, 0.717) is 35.3 Å². The highest BCUT2D eigenvalue weighted by atomic mass is 16.3. The molecule has 2 aromatic rings. The molecule has 0 amide bonds. The molecule has 0 atom stereocenters. The number of aliphatic imine (C=N–C) groups is 1. The van der Waals surface area contributed by atoms with Crippen molar-refractivity contribution in [1.82, 2.24) is 0 Å². The average molecular weight is 408 g/mol. The van der Waals surface area contributed by atoms with Gasteiger partial charge in [0.05, 0.1) is 5.69 Å². The number of rotatable bonds is 7. The summed E-state index contributed by atoms with van der Waals surface area (Å²) in [4.78, 5) is 5.01. The maximum absolute atomic E-state index is 10.8. The van der Waals surface area contributed by atoms with E-state index >= 15 is 0 Å². The van der Waals surface area contributed by atoms with Gasteiger partial charge in [0.1, 0.15) is 5.75 Å². The van der Waals surface area contributed by atoms with Crippen LogP contribution in [0.5, 0.6) is 5.75 Å². The van der Waals surface area contributed by atoms with Crippen LogP contribution in [-0.2, 0) is 0 Å². The van der Waals surface area contributed by atoms with Crippen molar-refractivity contribution >= 4 is 11.9 Å². The molecule has 0 heterocycles. The quantitative estimate of drug-likeness (QED) is 0.457. The molecule has 0 aliphatic heterocycles. The second kappa shape index (κ2) is 9.81. The summed E-state index contributed by atoms with van der Waals surface area (Å²) in [5, 5.41) is 10.8. The van der Waals surface area contributed by atoms with E-state index in [1.165, 1.54) is 22.3 Å². The Morgan fingerprint density at radius 2 is 1.00 bits per heavy atom. The van der Waals surface area contributed by atoms with Gasteiger partial charge in [-0.15, -0.1) is 0 Å². The van der Waals surface area contributed by atoms with Gasteiger partial charge in [0.25, 0.3) is 0 Å². The largest absolute Gasteiger partial charge is 0.507 e. The lowest BCUT2D eigenvalue weighted by molar-refractivity contribution is 0.472. The molecule has 1 N–H and O–H groups in total. The Hall–Kier alpha value is -2.09. The number of nitrogens with zero attached hydrogens (tertiary/aromatic N) is 1. The first-order chi connectivity index (χ1) is 13.9. The van der Waals surface area contributed by atoms with E-state index in [9.17, 15) is 5.11 Å². The fourth-order valence-electron chi connectivity index (χ4n) is 3.83. The molecule has 0 bridgehead atoms. The van der Waals surface area contributed by atoms with E-state index in [2.05, 4.69) is 87.4 Å². The summed E-state index contributed by atoms with van der Waals surface area (Å²) in [7, 11) is 0. The van der Waals surface area contributed by atoms with Crippen LogP contribution in [0, 0.1) is 0 Å². The van der Waals surface area contributed by atoms with Gasteiger partial charge in [0.15, 0.2) is 0 Å². The molecule has 2 heteroatoms. The Kier molecular flexibility index (Phi) is 7.91. The van der Waals surface area contributed by atoms with Gasteiger partial charge in [-0.1, -0.05) is 87.4 Å². The predicted octanol–water partition coefficient (Wildman–Crippen LogP) is 8.76. The number of phenolic OH excluding ortho intramolecular Hbond substituents is 1. The molecule has 0 spiro atoms. The highest BCUT2D eigenvalue weighted by Gasteiger charge is 2.18. The lowest BCUT2D eigenvalue weighted by atomic mass is 9.87. The Balaban J connectivity index is 2.70. The average Bonchev–Trinajstić information content (AvgIpc) is 2.65. The van der Waals surface area contributed by atoms with E-state index in [1.54, 1.807) is 0 Å². The van der Waals surface area contributed by atoms with Crippen molar-refractivity contribution in [2.75, 3.05) is 0 Å². The first-order valence-corrected chi connectivity index (χ1v) is 11.5. The second-order valence-corrected chi connectivity index (χ2v) is 10.1. The van der Waals surface area contributed by atoms with E-state index in [1.807, 2.05) is 12.3 Å². The Bertz CT molecular complexity index is 872. The van der Waals surface area contributed by atoms with Gasteiger partial charge in [-0.3, -0.25) is 4.99 Å². The summed E-state index contributed by atoms with van der Waals surface area (Å²) in [6.07, 6.45) is 1.89. The summed E-state index contributed by atoms with van der Waals surface area (Å²) >= 11 is 0. The van der Waals surface area contributed by atoms with Gasteiger partial charge in [-0.25, -0.2) is 0 Å². The molecule has 2 aromatic carbocycles. The summed E-state index contributed by atoms with van der Waals surface area (Å²) in [6.45, 7) is 22.1. The molecule has 0 radical (unpaired) electrons. The fourth-order valence-corrected chi connectivity index (χ4v) is 3.83. The van der Waals surface area contributed by atoms with Crippen molar-refractivity contribution in [1.29, 1.82) is 0 Å². The zero-order chi connectivity index (χ0) is 22.7. The molecule has 0 saturated carbocycles. The van der Waals surface area contributed by atoms with Crippen molar-refractivity contribution in [3.8, 4) is 5.75 Å². The monoisotopic (exact) mass is 407 g/mol. The number of hydrogen-bond donors (Lipinski definition) is 1. The Labute approximate surface area is 184 Å². The molecule has 2 nitrogen and oxygen atoms in total. The van der Waals surface area contributed by atoms with E-state index < -0.39 is 0 Å². The minimum atomic E-state index is 0.313. The smallest absolute Gasteiger partial charge is 0.124 e. The van der Waals surface area contributed by atoms with Gasteiger partial charge in [-0.05, 0) is 63.5 Å². The Morgan fingerprint density at radius 1 is 0.600 bits per heavy atom. The lowest BCUT2D eigenvalue weighted by Gasteiger charge is -2.21. The van der Waals surface area contributed by atoms with Gasteiger partial charge in [0.2, 0.25) is 0 Å². The number of aromatic hydroxyl groups is 1. The van der Waals surface area contributed by atoms with Crippen LogP contribution in [0.4, 0.5) is 5.69 Å². The first-order valence-electron chi connectivity index (χ1n) is 11.5. The summed E-state index contributed by atoms with van der Waals surface area (Å²) in [5.41, 5.74) is 8.15. The van der Waals surface area contributed by atoms with E-state index in [0.717, 1.165) is 16.8 Å². The van der Waals surface area contributed by atoms with Crippen LogP contribution in [-0.4, -0.2) is 11.3 Å². The number of hydrogen-bond acceptors (Lipinski definition) is 2. The van der Waals surface area contributed by atoms with Gasteiger partial charge in [0, 0.05) is 11.8 Å². The van der Waals surface area contributed by atoms with Crippen molar-refractivity contribution in [2.24, 2.45) is 4.99 Å². The highest BCUT2D eigenvalue weighted by Crippen LogP contribution is 2.38. The molecule has 2 rings (SSSR count). The summed E-state index contributed by atoms with van der Waals surface area (Å²) in [5.74, 6) is 2.27. The molecule has 0 aliphatic rings. The van der Waals surface area contributed by atoms with Gasteiger partial charge < -0.3 is 5.11 Å². The van der Waals surface area contributed by atoms with Crippen LogP contribution in [0.2, 0.25) is 0 Å². The van der Waals surface area contributed by atoms with Crippen molar-refractivity contribution in [2.45, 2.75) is 98.8 Å². The van der Waals surface area contributed by atoms with Crippen LogP contribution < -0.4 is 0 Å². The van der Waals surface area contributed by atoms with E-state index in [-0.39, 0.29) is 0 Å². The van der Waals surface area contributed by atoms with Gasteiger partial charge in [-0.2, -0.15) is 0 Å². The molecule has 164 valence electrons. The summed E-state index contributed by atoms with van der Waals surface area (Å²) in [6, 6.07) is 8.76. The van der Waals surface area contributed by atoms with Crippen molar-refractivity contribution in [3.63, 3.8) is 0 Å². The van der Waals surface area contributed by atoms with Crippen LogP contribution in [0.1, 0.15) is 132 Å². The predicted molar refractivity (Wildman–Crippen MR) is 132 cm³/mol. The fraction of sp³-hybridized carbons (Fsp3) is 0.536. The normalized spacial score (nSPS) is 12.5. The maximum atomic E-state index is 10.8. The van der Waals surface area contributed by atoms with Crippen molar-refractivity contribution in [3.05, 3.63) is 57.6 Å². The Morgan fingerprint density at radius 3 is 1.40 bits per heavy atom. The highest BCUT2D eigenvalue weighted by molar-refractivity contribution is 5.88. The maximum Gasteiger partial charge on any atom is 0.124 e.